The number of nitriles is 1. The Balaban J connectivity index is 2.24. The van der Waals surface area contributed by atoms with Crippen LogP contribution >= 0.6 is 0 Å². The van der Waals surface area contributed by atoms with E-state index in [0.29, 0.717) is 5.41 Å². The van der Waals surface area contributed by atoms with Crippen LogP contribution in [0, 0.1) is 16.7 Å². The first kappa shape index (κ1) is 12.5. The molecule has 1 unspecified atom stereocenters. The van der Waals surface area contributed by atoms with Gasteiger partial charge in [0, 0.05) is 6.54 Å². The number of hydrogen-bond acceptors (Lipinski definition) is 3. The van der Waals surface area contributed by atoms with Gasteiger partial charge in [-0.25, -0.2) is 0 Å². The van der Waals surface area contributed by atoms with Gasteiger partial charge in [-0.15, -0.1) is 0 Å². The molecule has 1 saturated heterocycles. The molecule has 0 spiro atoms. The van der Waals surface area contributed by atoms with Gasteiger partial charge in [0.15, 0.2) is 0 Å². The van der Waals surface area contributed by atoms with E-state index < -0.39 is 0 Å². The Morgan fingerprint density at radius 1 is 1.47 bits per heavy atom. The maximum atomic E-state index is 8.59. The first-order valence-electron chi connectivity index (χ1n) is 5.97. The molecule has 86 valence electrons. The molecule has 1 aliphatic rings. The van der Waals surface area contributed by atoms with Crippen molar-refractivity contribution in [3.05, 3.63) is 0 Å². The average molecular weight is 209 g/mol. The van der Waals surface area contributed by atoms with Crippen molar-refractivity contribution in [3.63, 3.8) is 0 Å². The second-order valence-corrected chi connectivity index (χ2v) is 5.03. The zero-order valence-corrected chi connectivity index (χ0v) is 10.00. The number of nitrogens with zero attached hydrogens (tertiary/aromatic N) is 2. The average Bonchev–Trinajstić information content (AvgIpc) is 2.28. The number of piperidine rings is 1. The zero-order valence-electron chi connectivity index (χ0n) is 10.00. The lowest BCUT2D eigenvalue weighted by molar-refractivity contribution is 0.113. The Morgan fingerprint density at radius 3 is 2.53 bits per heavy atom. The molecular weight excluding hydrogens is 186 g/mol. The molecule has 0 aliphatic carbocycles. The summed E-state index contributed by atoms with van der Waals surface area (Å²) < 4.78 is 0. The van der Waals surface area contributed by atoms with Crippen LogP contribution in [0.15, 0.2) is 0 Å². The third-order valence-electron chi connectivity index (χ3n) is 3.84. The van der Waals surface area contributed by atoms with Crippen LogP contribution in [0.2, 0.25) is 0 Å². The molecule has 1 rings (SSSR count). The van der Waals surface area contributed by atoms with Crippen LogP contribution in [0.3, 0.4) is 0 Å². The summed E-state index contributed by atoms with van der Waals surface area (Å²) >= 11 is 0. The molecule has 0 aromatic rings. The van der Waals surface area contributed by atoms with Crippen molar-refractivity contribution < 1.29 is 0 Å². The van der Waals surface area contributed by atoms with Crippen LogP contribution in [-0.2, 0) is 0 Å². The maximum Gasteiger partial charge on any atom is 0.0940 e. The Kier molecular flexibility index (Phi) is 4.56. The molecule has 0 saturated carbocycles. The van der Waals surface area contributed by atoms with E-state index in [1.54, 1.807) is 0 Å². The van der Waals surface area contributed by atoms with Crippen molar-refractivity contribution in [1.82, 2.24) is 4.90 Å². The second kappa shape index (κ2) is 5.48. The molecule has 0 aromatic carbocycles. The van der Waals surface area contributed by atoms with Crippen LogP contribution in [0.1, 0.15) is 39.5 Å². The Morgan fingerprint density at radius 2 is 2.07 bits per heavy atom. The molecule has 1 atom stereocenters. The lowest BCUT2D eigenvalue weighted by Gasteiger charge is -2.39. The Labute approximate surface area is 93.2 Å². The molecule has 0 amide bonds. The zero-order chi connectivity index (χ0) is 11.3. The van der Waals surface area contributed by atoms with Crippen LogP contribution in [0.4, 0.5) is 0 Å². The summed E-state index contributed by atoms with van der Waals surface area (Å²) in [5.41, 5.74) is 6.13. The van der Waals surface area contributed by atoms with Gasteiger partial charge in [0.2, 0.25) is 0 Å². The van der Waals surface area contributed by atoms with Crippen LogP contribution in [0.5, 0.6) is 0 Å². The van der Waals surface area contributed by atoms with E-state index in [9.17, 15) is 0 Å². The van der Waals surface area contributed by atoms with E-state index in [2.05, 4.69) is 24.8 Å². The smallest absolute Gasteiger partial charge is 0.0940 e. The molecular formula is C12H23N3. The number of hydrogen-bond donors (Lipinski definition) is 1. The van der Waals surface area contributed by atoms with Gasteiger partial charge in [0.05, 0.1) is 12.1 Å². The minimum Gasteiger partial charge on any atom is -0.316 e. The summed E-state index contributed by atoms with van der Waals surface area (Å²) in [7, 11) is 0. The van der Waals surface area contributed by atoms with Crippen molar-refractivity contribution in [2.24, 2.45) is 11.1 Å². The van der Waals surface area contributed by atoms with E-state index in [-0.39, 0.29) is 6.04 Å². The van der Waals surface area contributed by atoms with Gasteiger partial charge >= 0.3 is 0 Å². The summed E-state index contributed by atoms with van der Waals surface area (Å²) in [4.78, 5) is 2.44. The van der Waals surface area contributed by atoms with Gasteiger partial charge in [-0.1, -0.05) is 20.3 Å². The molecule has 3 heteroatoms. The van der Waals surface area contributed by atoms with Crippen LogP contribution < -0.4 is 5.73 Å². The van der Waals surface area contributed by atoms with Gasteiger partial charge in [0.25, 0.3) is 0 Å². The van der Waals surface area contributed by atoms with Crippen LogP contribution in [-0.4, -0.2) is 30.6 Å². The standard InChI is InChI=1S/C12H23N3/c1-3-12(2)5-8-15(9-6-12)7-4-11(14)10-13/h11H,3-9,14H2,1-2H3. The topological polar surface area (TPSA) is 53.0 Å². The Bertz CT molecular complexity index is 224. The van der Waals surface area contributed by atoms with Crippen molar-refractivity contribution in [3.8, 4) is 6.07 Å². The lowest BCUT2D eigenvalue weighted by atomic mass is 9.78. The fourth-order valence-electron chi connectivity index (χ4n) is 2.06. The third kappa shape index (κ3) is 3.81. The molecule has 0 bridgehead atoms. The molecule has 3 nitrogen and oxygen atoms in total. The van der Waals surface area contributed by atoms with Crippen LogP contribution in [0.25, 0.3) is 0 Å². The number of rotatable bonds is 4. The van der Waals surface area contributed by atoms with E-state index in [0.717, 1.165) is 13.0 Å². The molecule has 15 heavy (non-hydrogen) atoms. The fraction of sp³-hybridized carbons (Fsp3) is 0.917. The van der Waals surface area contributed by atoms with E-state index in [1.165, 1.54) is 32.4 Å². The maximum absolute atomic E-state index is 8.59. The van der Waals surface area contributed by atoms with Crippen molar-refractivity contribution >= 4 is 0 Å². The minimum atomic E-state index is -0.288. The van der Waals surface area contributed by atoms with Crippen molar-refractivity contribution in [2.45, 2.75) is 45.6 Å². The van der Waals surface area contributed by atoms with Gasteiger partial charge in [0.1, 0.15) is 0 Å². The monoisotopic (exact) mass is 209 g/mol. The summed E-state index contributed by atoms with van der Waals surface area (Å²) in [5.74, 6) is 0. The van der Waals surface area contributed by atoms with E-state index >= 15 is 0 Å². The highest BCUT2D eigenvalue weighted by atomic mass is 15.1. The molecule has 2 N–H and O–H groups in total. The summed E-state index contributed by atoms with van der Waals surface area (Å²) in [6, 6.07) is 1.80. The normalized spacial score (nSPS) is 23.3. The highest BCUT2D eigenvalue weighted by molar-refractivity contribution is 4.88. The van der Waals surface area contributed by atoms with E-state index in [4.69, 9.17) is 11.0 Å². The molecule has 1 fully saturated rings. The number of nitrogens with two attached hydrogens (primary N) is 1. The second-order valence-electron chi connectivity index (χ2n) is 5.03. The van der Waals surface area contributed by atoms with Crippen molar-refractivity contribution in [1.29, 1.82) is 5.26 Å². The highest BCUT2D eigenvalue weighted by Crippen LogP contribution is 2.33. The first-order valence-corrected chi connectivity index (χ1v) is 5.97. The Hall–Kier alpha value is -0.590. The van der Waals surface area contributed by atoms with Gasteiger partial charge in [-0.05, 0) is 37.8 Å². The third-order valence-corrected chi connectivity index (χ3v) is 3.84. The largest absolute Gasteiger partial charge is 0.316 e. The summed E-state index contributed by atoms with van der Waals surface area (Å²) in [6.07, 6.45) is 4.65. The highest BCUT2D eigenvalue weighted by Gasteiger charge is 2.27. The quantitative estimate of drug-likeness (QED) is 0.767. The predicted octanol–water partition coefficient (Wildman–Crippen LogP) is 1.74. The number of likely N-dealkylation sites (tertiary alicyclic amines) is 1. The summed E-state index contributed by atoms with van der Waals surface area (Å²) in [6.45, 7) is 7.98. The van der Waals surface area contributed by atoms with E-state index in [1.807, 2.05) is 0 Å². The predicted molar refractivity (Wildman–Crippen MR) is 62.3 cm³/mol. The first-order chi connectivity index (χ1) is 7.09. The lowest BCUT2D eigenvalue weighted by Crippen LogP contribution is -2.40. The fourth-order valence-corrected chi connectivity index (χ4v) is 2.06. The molecule has 1 aliphatic heterocycles. The SMILES string of the molecule is CCC1(C)CCN(CCC(N)C#N)CC1. The van der Waals surface area contributed by atoms with Gasteiger partial charge in [-0.2, -0.15) is 5.26 Å². The van der Waals surface area contributed by atoms with Gasteiger partial charge in [-0.3, -0.25) is 0 Å². The van der Waals surface area contributed by atoms with Crippen molar-refractivity contribution in [2.75, 3.05) is 19.6 Å². The molecule has 0 radical (unpaired) electrons. The van der Waals surface area contributed by atoms with Gasteiger partial charge < -0.3 is 10.6 Å². The molecule has 0 aromatic heterocycles. The summed E-state index contributed by atoms with van der Waals surface area (Å²) in [5, 5.41) is 8.59. The minimum absolute atomic E-state index is 0.288. The molecule has 1 heterocycles.